The first kappa shape index (κ1) is 23.3. The van der Waals surface area contributed by atoms with Crippen molar-refractivity contribution in [3.63, 3.8) is 0 Å². The van der Waals surface area contributed by atoms with Gasteiger partial charge in [-0.15, -0.1) is 0 Å². The van der Waals surface area contributed by atoms with Gasteiger partial charge in [0.25, 0.3) is 0 Å². The lowest BCUT2D eigenvalue weighted by molar-refractivity contribution is 0.253. The van der Waals surface area contributed by atoms with E-state index in [0.717, 1.165) is 56.3 Å². The number of nitrogens with zero attached hydrogens (tertiary/aromatic N) is 3. The van der Waals surface area contributed by atoms with Crippen molar-refractivity contribution < 1.29 is 0 Å². The molecule has 0 atom stereocenters. The van der Waals surface area contributed by atoms with E-state index in [0.29, 0.717) is 0 Å². The van der Waals surface area contributed by atoms with Gasteiger partial charge < -0.3 is 4.57 Å². The topological polar surface area (TPSA) is 21.1 Å². The maximum Gasteiger partial charge on any atom is 0.140 e. The molecule has 0 unspecified atom stereocenters. The fourth-order valence-electron chi connectivity index (χ4n) is 4.19. The van der Waals surface area contributed by atoms with Gasteiger partial charge in [-0.3, -0.25) is 4.90 Å². The normalized spacial score (nSPS) is 11.2. The second-order valence-corrected chi connectivity index (χ2v) is 8.89. The first-order valence-corrected chi connectivity index (χ1v) is 12.2. The number of rotatable bonds is 11. The van der Waals surface area contributed by atoms with Crippen LogP contribution in [0, 0.1) is 0 Å². The van der Waals surface area contributed by atoms with Crippen LogP contribution in [0.4, 0.5) is 0 Å². The van der Waals surface area contributed by atoms with Crippen molar-refractivity contribution in [2.24, 2.45) is 0 Å². The Morgan fingerprint density at radius 1 is 0.848 bits per heavy atom. The van der Waals surface area contributed by atoms with Crippen LogP contribution in [0.2, 0.25) is 5.02 Å². The quantitative estimate of drug-likeness (QED) is 0.236. The van der Waals surface area contributed by atoms with Crippen LogP contribution in [0.5, 0.6) is 0 Å². The van der Waals surface area contributed by atoms with Crippen molar-refractivity contribution in [1.29, 1.82) is 0 Å². The fourth-order valence-corrected chi connectivity index (χ4v) is 4.42. The average molecular weight is 458 g/mol. The lowest BCUT2D eigenvalue weighted by Gasteiger charge is -2.24. The number of hydrogen-bond acceptors (Lipinski definition) is 2. The Morgan fingerprint density at radius 3 is 2.27 bits per heavy atom. The predicted octanol–water partition coefficient (Wildman–Crippen LogP) is 7.25. The van der Waals surface area contributed by atoms with Crippen molar-refractivity contribution in [2.45, 2.75) is 45.8 Å². The lowest BCUT2D eigenvalue weighted by Crippen LogP contribution is -2.27. The number of halogens is 1. The monoisotopic (exact) mass is 457 g/mol. The second kappa shape index (κ2) is 11.8. The largest absolute Gasteiger partial charge is 0.327 e. The molecule has 0 aliphatic carbocycles. The van der Waals surface area contributed by atoms with E-state index in [1.165, 1.54) is 22.4 Å². The van der Waals surface area contributed by atoms with E-state index in [9.17, 15) is 0 Å². The zero-order valence-corrected chi connectivity index (χ0v) is 20.1. The molecule has 3 aromatic carbocycles. The molecule has 0 aliphatic rings. The smallest absolute Gasteiger partial charge is 0.140 e. The molecular weight excluding hydrogens is 426 g/mol. The zero-order chi connectivity index (χ0) is 22.9. The van der Waals surface area contributed by atoms with Crippen LogP contribution in [0.15, 0.2) is 91.1 Å². The summed E-state index contributed by atoms with van der Waals surface area (Å²) in [6, 6.07) is 29.4. The summed E-state index contributed by atoms with van der Waals surface area (Å²) < 4.78 is 2.41. The van der Waals surface area contributed by atoms with E-state index < -0.39 is 0 Å². The molecule has 0 saturated heterocycles. The molecule has 0 N–H and O–H groups in total. The van der Waals surface area contributed by atoms with Crippen molar-refractivity contribution in [3.05, 3.63) is 113 Å². The molecule has 0 radical (unpaired) electrons. The third kappa shape index (κ3) is 6.34. The van der Waals surface area contributed by atoms with Gasteiger partial charge in [-0.2, -0.15) is 0 Å². The molecule has 170 valence electrons. The third-order valence-corrected chi connectivity index (χ3v) is 6.36. The number of aromatic nitrogens is 2. The highest BCUT2D eigenvalue weighted by molar-refractivity contribution is 6.31. The molecule has 1 aromatic heterocycles. The molecule has 0 aliphatic heterocycles. The summed E-state index contributed by atoms with van der Waals surface area (Å²) in [6.07, 6.45) is 5.28. The molecular formula is C29H32ClN3. The number of unbranched alkanes of at least 4 members (excludes halogenated alkanes) is 1. The van der Waals surface area contributed by atoms with Gasteiger partial charge in [-0.25, -0.2) is 4.98 Å². The number of hydrogen-bond donors (Lipinski definition) is 0. The Hall–Kier alpha value is -2.88. The fraction of sp³-hybridized carbons (Fsp3) is 0.276. The summed E-state index contributed by atoms with van der Waals surface area (Å²) in [5, 5.41) is 0.844. The third-order valence-electron chi connectivity index (χ3n) is 6.00. The molecule has 33 heavy (non-hydrogen) atoms. The van der Waals surface area contributed by atoms with Gasteiger partial charge in [0, 0.05) is 36.8 Å². The Morgan fingerprint density at radius 2 is 1.55 bits per heavy atom. The van der Waals surface area contributed by atoms with Crippen LogP contribution in [0.3, 0.4) is 0 Å². The van der Waals surface area contributed by atoms with Gasteiger partial charge >= 0.3 is 0 Å². The Balaban J connectivity index is 1.59. The summed E-state index contributed by atoms with van der Waals surface area (Å²) in [7, 11) is 0. The molecule has 0 spiro atoms. The van der Waals surface area contributed by atoms with E-state index in [1.807, 2.05) is 12.1 Å². The summed E-state index contributed by atoms with van der Waals surface area (Å²) in [6.45, 7) is 5.90. The maximum absolute atomic E-state index is 6.45. The van der Waals surface area contributed by atoms with Crippen molar-refractivity contribution >= 4 is 11.6 Å². The van der Waals surface area contributed by atoms with E-state index in [4.69, 9.17) is 16.6 Å². The minimum Gasteiger partial charge on any atom is -0.327 e. The van der Waals surface area contributed by atoms with Gasteiger partial charge in [0.15, 0.2) is 0 Å². The van der Waals surface area contributed by atoms with Gasteiger partial charge in [0.1, 0.15) is 5.82 Å². The van der Waals surface area contributed by atoms with Gasteiger partial charge in [-0.1, -0.05) is 104 Å². The van der Waals surface area contributed by atoms with Crippen LogP contribution < -0.4 is 0 Å². The number of benzene rings is 3. The molecule has 4 aromatic rings. The highest BCUT2D eigenvalue weighted by Gasteiger charge is 2.16. The van der Waals surface area contributed by atoms with Gasteiger partial charge in [-0.05, 0) is 30.0 Å². The zero-order valence-electron chi connectivity index (χ0n) is 19.3. The van der Waals surface area contributed by atoms with Crippen LogP contribution in [0.25, 0.3) is 11.4 Å². The molecule has 3 nitrogen and oxygen atoms in total. The highest BCUT2D eigenvalue weighted by atomic mass is 35.5. The molecule has 4 rings (SSSR count). The maximum atomic E-state index is 6.45. The summed E-state index contributed by atoms with van der Waals surface area (Å²) >= 11 is 6.45. The first-order valence-electron chi connectivity index (χ1n) is 11.8. The van der Waals surface area contributed by atoms with Crippen LogP contribution >= 0.6 is 11.6 Å². The van der Waals surface area contributed by atoms with Crippen LogP contribution in [-0.4, -0.2) is 21.0 Å². The first-order chi connectivity index (χ1) is 16.2. The molecule has 4 heteroatoms. The Labute approximate surface area is 202 Å². The van der Waals surface area contributed by atoms with E-state index in [-0.39, 0.29) is 0 Å². The van der Waals surface area contributed by atoms with Gasteiger partial charge in [0.2, 0.25) is 0 Å². The standard InChI is InChI=1S/C29H32ClN3/c1-2-3-19-33-27(21-31-29(33)26-15-8-5-9-16-26)23-32(22-24-12-6-4-7-13-24)20-18-25-14-10-11-17-28(25)30/h4-17,21H,2-3,18-20,22-23H2,1H3. The van der Waals surface area contributed by atoms with E-state index in [2.05, 4.69) is 95.4 Å². The van der Waals surface area contributed by atoms with Crippen molar-refractivity contribution in [1.82, 2.24) is 14.5 Å². The van der Waals surface area contributed by atoms with Gasteiger partial charge in [0.05, 0.1) is 11.9 Å². The summed E-state index contributed by atoms with van der Waals surface area (Å²) in [4.78, 5) is 7.35. The SMILES string of the molecule is CCCCn1c(CN(CCc2ccccc2Cl)Cc2ccccc2)cnc1-c1ccccc1. The Kier molecular flexibility index (Phi) is 8.35. The Bertz CT molecular complexity index is 1120. The van der Waals surface area contributed by atoms with E-state index >= 15 is 0 Å². The molecule has 0 amide bonds. The van der Waals surface area contributed by atoms with E-state index in [1.54, 1.807) is 0 Å². The summed E-state index contributed by atoms with van der Waals surface area (Å²) in [5.74, 6) is 1.06. The van der Waals surface area contributed by atoms with Crippen molar-refractivity contribution in [3.8, 4) is 11.4 Å². The molecule has 1 heterocycles. The lowest BCUT2D eigenvalue weighted by atomic mass is 10.1. The summed E-state index contributed by atoms with van der Waals surface area (Å²) in [5.41, 5.74) is 4.95. The minimum absolute atomic E-state index is 0.844. The predicted molar refractivity (Wildman–Crippen MR) is 138 cm³/mol. The molecule has 0 bridgehead atoms. The highest BCUT2D eigenvalue weighted by Crippen LogP contribution is 2.23. The molecule has 0 fully saturated rings. The van der Waals surface area contributed by atoms with Crippen LogP contribution in [-0.2, 0) is 26.1 Å². The van der Waals surface area contributed by atoms with Crippen molar-refractivity contribution in [2.75, 3.05) is 6.54 Å². The minimum atomic E-state index is 0.844. The van der Waals surface area contributed by atoms with Crippen LogP contribution in [0.1, 0.15) is 36.6 Å². The molecule has 0 saturated carbocycles. The average Bonchev–Trinajstić information content (AvgIpc) is 3.25. The number of imidazole rings is 1. The second-order valence-electron chi connectivity index (χ2n) is 8.48.